The molecule has 0 fully saturated rings. The Kier molecular flexibility index (Phi) is 3.00. The topological polar surface area (TPSA) is 63.6 Å². The molecule has 1 unspecified atom stereocenters. The van der Waals surface area contributed by atoms with Crippen molar-refractivity contribution < 1.29 is 15.0 Å². The predicted molar refractivity (Wildman–Crippen MR) is 55.3 cm³/mol. The maximum absolute atomic E-state index is 10.7. The fourth-order valence-corrected chi connectivity index (χ4v) is 1.20. The molecule has 1 aromatic carbocycles. The first-order chi connectivity index (χ1) is 6.85. The molecule has 82 valence electrons. The molecule has 0 aromatic heterocycles. The predicted octanol–water partition coefficient (Wildman–Crippen LogP) is -0.290. The monoisotopic (exact) mass is 208 g/mol. The van der Waals surface area contributed by atoms with E-state index in [4.69, 9.17) is 0 Å². The fourth-order valence-electron chi connectivity index (χ4n) is 1.20. The van der Waals surface area contributed by atoms with Gasteiger partial charge in [0, 0.05) is 19.8 Å². The number of benzene rings is 1. The minimum absolute atomic E-state index is 0.313. The number of rotatable bonds is 3. The summed E-state index contributed by atoms with van der Waals surface area (Å²) in [7, 11) is 3.76. The molecule has 1 atom stereocenters. The van der Waals surface area contributed by atoms with Crippen LogP contribution in [0, 0.1) is 0 Å². The van der Waals surface area contributed by atoms with Gasteiger partial charge in [0.05, 0.1) is 5.97 Å². The normalized spacial score (nSPS) is 14.4. The Balaban J connectivity index is 3.04. The highest BCUT2D eigenvalue weighted by molar-refractivity contribution is 5.76. The van der Waals surface area contributed by atoms with Crippen molar-refractivity contribution in [1.82, 2.24) is 0 Å². The van der Waals surface area contributed by atoms with Gasteiger partial charge in [-0.3, -0.25) is 0 Å². The number of carbonyl (C=O) groups is 1. The summed E-state index contributed by atoms with van der Waals surface area (Å²) >= 11 is 0. The van der Waals surface area contributed by atoms with Gasteiger partial charge >= 0.3 is 0 Å². The highest BCUT2D eigenvalue weighted by Gasteiger charge is 2.24. The van der Waals surface area contributed by atoms with E-state index in [1.807, 2.05) is 19.0 Å². The molecular weight excluding hydrogens is 194 g/mol. The highest BCUT2D eigenvalue weighted by atomic mass is 16.4. The van der Waals surface area contributed by atoms with Crippen LogP contribution in [-0.4, -0.2) is 25.2 Å². The van der Waals surface area contributed by atoms with Crippen LogP contribution >= 0.6 is 0 Å². The second-order valence-corrected chi connectivity index (χ2v) is 3.80. The second-order valence-electron chi connectivity index (χ2n) is 3.80. The summed E-state index contributed by atoms with van der Waals surface area (Å²) in [5.74, 6) is -1.50. The first-order valence-electron chi connectivity index (χ1n) is 4.57. The third-order valence-electron chi connectivity index (χ3n) is 2.34. The molecule has 0 aliphatic heterocycles. The zero-order valence-electron chi connectivity index (χ0n) is 9.02. The van der Waals surface area contributed by atoms with E-state index in [1.54, 1.807) is 24.3 Å². The smallest absolute Gasteiger partial charge is 0.126 e. The van der Waals surface area contributed by atoms with Crippen LogP contribution in [0.15, 0.2) is 24.3 Å². The maximum atomic E-state index is 10.7. The van der Waals surface area contributed by atoms with Crippen molar-refractivity contribution in [3.05, 3.63) is 29.8 Å². The minimum Gasteiger partial charge on any atom is -0.547 e. The van der Waals surface area contributed by atoms with Gasteiger partial charge < -0.3 is 19.9 Å². The highest BCUT2D eigenvalue weighted by Crippen LogP contribution is 2.22. The van der Waals surface area contributed by atoms with Crippen molar-refractivity contribution in [1.29, 1.82) is 0 Å². The molecule has 0 spiro atoms. The minimum atomic E-state index is -1.94. The van der Waals surface area contributed by atoms with Gasteiger partial charge in [-0.15, -0.1) is 0 Å². The molecule has 15 heavy (non-hydrogen) atoms. The molecule has 0 saturated carbocycles. The van der Waals surface area contributed by atoms with E-state index in [9.17, 15) is 15.0 Å². The van der Waals surface area contributed by atoms with E-state index in [2.05, 4.69) is 0 Å². The van der Waals surface area contributed by atoms with Crippen LogP contribution in [0.25, 0.3) is 0 Å². The van der Waals surface area contributed by atoms with Crippen LogP contribution in [0.3, 0.4) is 0 Å². The van der Waals surface area contributed by atoms with E-state index in [1.165, 1.54) is 6.92 Å². The Bertz CT molecular complexity index is 355. The number of carbonyl (C=O) groups excluding carboxylic acids is 1. The van der Waals surface area contributed by atoms with Crippen molar-refractivity contribution in [2.45, 2.75) is 12.5 Å². The molecule has 0 bridgehead atoms. The van der Waals surface area contributed by atoms with Gasteiger partial charge in [-0.2, -0.15) is 0 Å². The summed E-state index contributed by atoms with van der Waals surface area (Å²) in [5.41, 5.74) is -0.689. The molecule has 4 heteroatoms. The van der Waals surface area contributed by atoms with Crippen molar-refractivity contribution in [2.75, 3.05) is 19.0 Å². The van der Waals surface area contributed by atoms with Gasteiger partial charge in [-0.1, -0.05) is 12.1 Å². The van der Waals surface area contributed by atoms with E-state index in [0.717, 1.165) is 5.69 Å². The summed E-state index contributed by atoms with van der Waals surface area (Å²) in [6.07, 6.45) is 0. The molecule has 4 nitrogen and oxygen atoms in total. The Morgan fingerprint density at radius 2 is 1.80 bits per heavy atom. The van der Waals surface area contributed by atoms with Gasteiger partial charge in [0.2, 0.25) is 0 Å². The largest absolute Gasteiger partial charge is 0.547 e. The standard InChI is InChI=1S/C11H15NO3/c1-11(15,10(13)14)8-4-6-9(7-5-8)12(2)3/h4-7,15H,1-3H3,(H,13,14)/p-1. The Hall–Kier alpha value is -1.55. The molecule has 0 radical (unpaired) electrons. The Morgan fingerprint density at radius 3 is 2.13 bits per heavy atom. The van der Waals surface area contributed by atoms with E-state index >= 15 is 0 Å². The zero-order chi connectivity index (χ0) is 11.6. The molecule has 1 N–H and O–H groups in total. The van der Waals surface area contributed by atoms with Crippen LogP contribution in [0.4, 0.5) is 5.69 Å². The summed E-state index contributed by atoms with van der Waals surface area (Å²) in [5, 5.41) is 20.3. The number of anilines is 1. The molecule has 1 rings (SSSR count). The first kappa shape index (κ1) is 11.5. The van der Waals surface area contributed by atoms with Gasteiger partial charge in [-0.25, -0.2) is 0 Å². The van der Waals surface area contributed by atoms with Crippen LogP contribution in [0.5, 0.6) is 0 Å². The molecule has 0 aliphatic carbocycles. The lowest BCUT2D eigenvalue weighted by molar-refractivity contribution is -0.324. The molecule has 0 amide bonds. The molecule has 0 heterocycles. The van der Waals surface area contributed by atoms with Crippen molar-refractivity contribution >= 4 is 11.7 Å². The number of hydrogen-bond acceptors (Lipinski definition) is 4. The number of aliphatic hydroxyl groups is 1. The number of aliphatic carboxylic acids is 1. The molecule has 1 aromatic rings. The van der Waals surface area contributed by atoms with Crippen molar-refractivity contribution in [3.8, 4) is 0 Å². The third-order valence-corrected chi connectivity index (χ3v) is 2.34. The Morgan fingerprint density at radius 1 is 1.33 bits per heavy atom. The van der Waals surface area contributed by atoms with Crippen molar-refractivity contribution in [3.63, 3.8) is 0 Å². The van der Waals surface area contributed by atoms with Crippen LogP contribution in [0.1, 0.15) is 12.5 Å². The van der Waals surface area contributed by atoms with Gasteiger partial charge in [0.25, 0.3) is 0 Å². The third kappa shape index (κ3) is 2.27. The average Bonchev–Trinajstić information content (AvgIpc) is 2.17. The van der Waals surface area contributed by atoms with Crippen LogP contribution < -0.4 is 10.0 Å². The average molecular weight is 208 g/mol. The molecule has 0 aliphatic rings. The summed E-state index contributed by atoms with van der Waals surface area (Å²) in [6, 6.07) is 6.63. The summed E-state index contributed by atoms with van der Waals surface area (Å²) < 4.78 is 0. The number of nitrogens with zero attached hydrogens (tertiary/aromatic N) is 1. The van der Waals surface area contributed by atoms with E-state index in [-0.39, 0.29) is 0 Å². The quantitative estimate of drug-likeness (QED) is 0.741. The van der Waals surface area contributed by atoms with Crippen LogP contribution in [0.2, 0.25) is 0 Å². The van der Waals surface area contributed by atoms with Gasteiger partial charge in [-0.05, 0) is 24.6 Å². The van der Waals surface area contributed by atoms with Crippen molar-refractivity contribution in [2.24, 2.45) is 0 Å². The summed E-state index contributed by atoms with van der Waals surface area (Å²) in [6.45, 7) is 1.20. The number of carboxylic acids is 1. The van der Waals surface area contributed by atoms with E-state index < -0.39 is 11.6 Å². The Labute approximate surface area is 88.8 Å². The van der Waals surface area contributed by atoms with Gasteiger partial charge in [0.1, 0.15) is 5.60 Å². The lowest BCUT2D eigenvalue weighted by Gasteiger charge is -2.25. The number of carboxylic acid groups (broad SMARTS) is 1. The lowest BCUT2D eigenvalue weighted by Crippen LogP contribution is -2.43. The maximum Gasteiger partial charge on any atom is 0.126 e. The zero-order valence-corrected chi connectivity index (χ0v) is 9.02. The lowest BCUT2D eigenvalue weighted by atomic mass is 9.96. The summed E-state index contributed by atoms with van der Waals surface area (Å²) in [4.78, 5) is 12.6. The molecule has 0 saturated heterocycles. The number of hydrogen-bond donors (Lipinski definition) is 1. The van der Waals surface area contributed by atoms with E-state index in [0.29, 0.717) is 5.56 Å². The van der Waals surface area contributed by atoms with Gasteiger partial charge in [0.15, 0.2) is 0 Å². The van der Waals surface area contributed by atoms with Crippen LogP contribution in [-0.2, 0) is 10.4 Å². The first-order valence-corrected chi connectivity index (χ1v) is 4.57. The SMILES string of the molecule is CN(C)c1ccc(C(C)(O)C(=O)[O-])cc1. The second kappa shape index (κ2) is 3.90. The fraction of sp³-hybridized carbons (Fsp3) is 0.364. The molecular formula is C11H14NO3-.